The van der Waals surface area contributed by atoms with Gasteiger partial charge in [-0.2, -0.15) is 0 Å². The highest BCUT2D eigenvalue weighted by atomic mass is 16.2. The monoisotopic (exact) mass is 446 g/mol. The van der Waals surface area contributed by atoms with E-state index in [0.717, 1.165) is 31.4 Å². The summed E-state index contributed by atoms with van der Waals surface area (Å²) in [6.07, 6.45) is 8.89. The predicted molar refractivity (Wildman–Crippen MR) is 122 cm³/mol. The summed E-state index contributed by atoms with van der Waals surface area (Å²) in [5, 5.41) is 9.09. The lowest BCUT2D eigenvalue weighted by Gasteiger charge is -2.35. The molecule has 1 saturated carbocycles. The van der Waals surface area contributed by atoms with Crippen molar-refractivity contribution >= 4 is 17.8 Å². The molecule has 9 nitrogen and oxygen atoms in total. The lowest BCUT2D eigenvalue weighted by atomic mass is 10.00. The second-order valence-electron chi connectivity index (χ2n) is 10.0. The normalized spacial score (nSPS) is 24.8. The molecule has 4 amide bonds. The summed E-state index contributed by atoms with van der Waals surface area (Å²) in [7, 11) is 0. The van der Waals surface area contributed by atoms with E-state index in [9.17, 15) is 14.4 Å². The molecular formula is C23H38N6O3. The van der Waals surface area contributed by atoms with Crippen LogP contribution in [0.15, 0.2) is 12.5 Å². The maximum absolute atomic E-state index is 13.2. The van der Waals surface area contributed by atoms with Crippen LogP contribution in [0.3, 0.4) is 0 Å². The van der Waals surface area contributed by atoms with Crippen LogP contribution in [0.25, 0.3) is 0 Å². The third-order valence-electron chi connectivity index (χ3n) is 6.25. The largest absolute Gasteiger partial charge is 0.356 e. The van der Waals surface area contributed by atoms with Crippen molar-refractivity contribution in [1.29, 1.82) is 0 Å². The summed E-state index contributed by atoms with van der Waals surface area (Å²) in [6, 6.07) is -0.432. The number of nitrogens with one attached hydrogen (secondary N) is 4. The van der Waals surface area contributed by atoms with Crippen molar-refractivity contribution in [3.05, 3.63) is 18.2 Å². The summed E-state index contributed by atoms with van der Waals surface area (Å²) < 4.78 is 0. The number of urea groups is 1. The number of carbonyl (C=O) groups is 3. The number of hydrogen-bond acceptors (Lipinski definition) is 4. The zero-order valence-corrected chi connectivity index (χ0v) is 19.6. The van der Waals surface area contributed by atoms with Crippen LogP contribution in [0.5, 0.6) is 0 Å². The number of imidazole rings is 1. The predicted octanol–water partition coefficient (Wildman–Crippen LogP) is 1.96. The maximum Gasteiger partial charge on any atom is 0.318 e. The molecule has 32 heavy (non-hydrogen) atoms. The maximum atomic E-state index is 13.2. The molecule has 9 heteroatoms. The van der Waals surface area contributed by atoms with Gasteiger partial charge in [0.1, 0.15) is 0 Å². The molecule has 3 rings (SSSR count). The fourth-order valence-electron chi connectivity index (χ4n) is 4.66. The number of H-pyrrole nitrogens is 1. The number of hydrogen-bond donors (Lipinski definition) is 4. The molecule has 2 fully saturated rings. The van der Waals surface area contributed by atoms with Gasteiger partial charge in [-0.15, -0.1) is 0 Å². The Kier molecular flexibility index (Phi) is 8.15. The van der Waals surface area contributed by atoms with Gasteiger partial charge in [-0.3, -0.25) is 9.59 Å². The second-order valence-corrected chi connectivity index (χ2v) is 10.0. The molecule has 1 aliphatic heterocycles. The zero-order valence-electron chi connectivity index (χ0n) is 19.6. The smallest absolute Gasteiger partial charge is 0.318 e. The van der Waals surface area contributed by atoms with E-state index in [-0.39, 0.29) is 41.3 Å². The Bertz CT molecular complexity index is 773. The van der Waals surface area contributed by atoms with Gasteiger partial charge < -0.3 is 25.8 Å². The van der Waals surface area contributed by atoms with Gasteiger partial charge in [-0.25, -0.2) is 9.78 Å². The van der Waals surface area contributed by atoms with Gasteiger partial charge in [0.15, 0.2) is 0 Å². The van der Waals surface area contributed by atoms with Gasteiger partial charge in [0.25, 0.3) is 0 Å². The van der Waals surface area contributed by atoms with Crippen molar-refractivity contribution in [2.75, 3.05) is 19.6 Å². The first-order valence-electron chi connectivity index (χ1n) is 11.9. The van der Waals surface area contributed by atoms with Gasteiger partial charge in [-0.05, 0) is 46.5 Å². The molecule has 1 aromatic heterocycles. The quantitative estimate of drug-likeness (QED) is 0.565. The molecule has 1 saturated heterocycles. The van der Waals surface area contributed by atoms with Crippen LogP contribution in [0, 0.1) is 11.8 Å². The molecule has 0 bridgehead atoms. The van der Waals surface area contributed by atoms with Gasteiger partial charge >= 0.3 is 6.03 Å². The summed E-state index contributed by atoms with van der Waals surface area (Å²) in [5.41, 5.74) is 0.592. The van der Waals surface area contributed by atoms with E-state index in [2.05, 4.69) is 25.9 Å². The van der Waals surface area contributed by atoms with Crippen molar-refractivity contribution in [3.8, 4) is 0 Å². The van der Waals surface area contributed by atoms with E-state index in [1.165, 1.54) is 0 Å². The van der Waals surface area contributed by atoms with E-state index in [0.29, 0.717) is 38.9 Å². The molecule has 3 atom stereocenters. The van der Waals surface area contributed by atoms with Gasteiger partial charge in [0, 0.05) is 55.4 Å². The highest BCUT2D eigenvalue weighted by molar-refractivity contribution is 5.85. The number of nitrogens with zero attached hydrogens (tertiary/aromatic N) is 2. The average molecular weight is 447 g/mol. The first kappa shape index (κ1) is 24.1. The van der Waals surface area contributed by atoms with E-state index in [1.54, 1.807) is 12.5 Å². The minimum absolute atomic E-state index is 0.0433. The molecule has 0 radical (unpaired) electrons. The molecule has 178 valence electrons. The first-order chi connectivity index (χ1) is 15.2. The summed E-state index contributed by atoms with van der Waals surface area (Å²) in [5.74, 6) is -0.751. The number of fused-ring (bicyclic) bond motifs is 1. The van der Waals surface area contributed by atoms with E-state index in [1.807, 2.05) is 25.7 Å². The number of carbonyl (C=O) groups excluding carboxylic acids is 3. The molecule has 2 heterocycles. The standard InChI is InChI=1S/C23H38N6O3/c1-23(2,3)28-22(32)29-11-7-5-4-6-9-25-21(31)18-12-16(13-19(18)29)20(30)26-10-8-17-14-24-15-27-17/h14-16,18-19H,4-13H2,1-3H3,(H,24,27)(H,25,31)(H,26,30)(H,28,32)/t16-,18-,19+/m1/s1. The second kappa shape index (κ2) is 10.8. The minimum Gasteiger partial charge on any atom is -0.356 e. The Balaban J connectivity index is 1.71. The minimum atomic E-state index is -0.373. The third-order valence-corrected chi connectivity index (χ3v) is 6.25. The molecule has 4 N–H and O–H groups in total. The van der Waals surface area contributed by atoms with E-state index in [4.69, 9.17) is 0 Å². The molecular weight excluding hydrogens is 408 g/mol. The molecule has 0 spiro atoms. The van der Waals surface area contributed by atoms with Gasteiger partial charge in [0.05, 0.1) is 12.2 Å². The number of rotatable bonds is 4. The average Bonchev–Trinajstić information content (AvgIpc) is 3.37. The Morgan fingerprint density at radius 2 is 1.97 bits per heavy atom. The fourth-order valence-corrected chi connectivity index (χ4v) is 4.66. The van der Waals surface area contributed by atoms with Crippen molar-refractivity contribution in [3.63, 3.8) is 0 Å². The fraction of sp³-hybridized carbons (Fsp3) is 0.739. The van der Waals surface area contributed by atoms with Gasteiger partial charge in [0.2, 0.25) is 11.8 Å². The summed E-state index contributed by atoms with van der Waals surface area (Å²) in [6.45, 7) is 7.61. The molecule has 0 unspecified atom stereocenters. The lowest BCUT2D eigenvalue weighted by Crippen LogP contribution is -2.54. The first-order valence-corrected chi connectivity index (χ1v) is 11.9. The van der Waals surface area contributed by atoms with E-state index < -0.39 is 0 Å². The van der Waals surface area contributed by atoms with Crippen LogP contribution < -0.4 is 16.0 Å². The topological polar surface area (TPSA) is 119 Å². The van der Waals surface area contributed by atoms with Crippen LogP contribution in [0.1, 0.15) is 65.0 Å². The van der Waals surface area contributed by atoms with Crippen LogP contribution in [0.4, 0.5) is 4.79 Å². The molecule has 0 aromatic carbocycles. The molecule has 2 aliphatic rings. The number of aromatic amines is 1. The zero-order chi connectivity index (χ0) is 23.1. The van der Waals surface area contributed by atoms with Crippen molar-refractivity contribution in [1.82, 2.24) is 30.8 Å². The van der Waals surface area contributed by atoms with Crippen molar-refractivity contribution in [2.24, 2.45) is 11.8 Å². The highest BCUT2D eigenvalue weighted by Crippen LogP contribution is 2.36. The Hall–Kier alpha value is -2.58. The third kappa shape index (κ3) is 6.71. The number of aromatic nitrogens is 2. The van der Waals surface area contributed by atoms with Crippen LogP contribution in [0.2, 0.25) is 0 Å². The highest BCUT2D eigenvalue weighted by Gasteiger charge is 2.45. The van der Waals surface area contributed by atoms with Crippen LogP contribution >= 0.6 is 0 Å². The SMILES string of the molecule is CC(C)(C)NC(=O)N1CCCCCCNC(=O)[C@@H]2C[C@@H](C(=O)NCCc3cnc[nH]3)C[C@@H]21. The Morgan fingerprint density at radius 1 is 1.19 bits per heavy atom. The summed E-state index contributed by atoms with van der Waals surface area (Å²) in [4.78, 5) is 47.9. The van der Waals surface area contributed by atoms with Crippen LogP contribution in [-0.2, 0) is 16.0 Å². The van der Waals surface area contributed by atoms with Crippen LogP contribution in [-0.4, -0.2) is 63.9 Å². The van der Waals surface area contributed by atoms with Crippen molar-refractivity contribution < 1.29 is 14.4 Å². The van der Waals surface area contributed by atoms with Gasteiger partial charge in [-0.1, -0.05) is 12.8 Å². The Labute approximate surface area is 190 Å². The number of amides is 4. The van der Waals surface area contributed by atoms with E-state index >= 15 is 0 Å². The van der Waals surface area contributed by atoms with Crippen molar-refractivity contribution in [2.45, 2.75) is 77.3 Å². The molecule has 1 aromatic rings. The summed E-state index contributed by atoms with van der Waals surface area (Å²) >= 11 is 0. The Morgan fingerprint density at radius 3 is 2.69 bits per heavy atom. The molecule has 1 aliphatic carbocycles. The lowest BCUT2D eigenvalue weighted by molar-refractivity contribution is -0.126.